The van der Waals surface area contributed by atoms with Gasteiger partial charge in [-0.05, 0) is 42.3 Å². The number of carbonyl (C=O) groups is 1. The van der Waals surface area contributed by atoms with Crippen LogP contribution in [0.15, 0.2) is 59.6 Å². The number of primary sulfonamides is 1. The van der Waals surface area contributed by atoms with Gasteiger partial charge in [-0.3, -0.25) is 15.0 Å². The van der Waals surface area contributed by atoms with Gasteiger partial charge in [-0.25, -0.2) is 23.0 Å². The predicted molar refractivity (Wildman–Crippen MR) is 114 cm³/mol. The molecular formula is C21H19ClFN3O4S. The minimum absolute atomic E-state index is 0.0205. The maximum atomic E-state index is 13.7. The summed E-state index contributed by atoms with van der Waals surface area (Å²) in [4.78, 5) is 16.1. The van der Waals surface area contributed by atoms with Crippen molar-refractivity contribution in [3.63, 3.8) is 0 Å². The molecule has 1 amide bonds. The zero-order valence-corrected chi connectivity index (χ0v) is 18.0. The Morgan fingerprint density at radius 3 is 2.55 bits per heavy atom. The first-order valence-corrected chi connectivity index (χ1v) is 11.0. The highest BCUT2D eigenvalue weighted by molar-refractivity contribution is 7.89. The average Bonchev–Trinajstić information content (AvgIpc) is 2.73. The largest absolute Gasteiger partial charge is 0.286 e. The molecule has 1 aromatic heterocycles. The van der Waals surface area contributed by atoms with Gasteiger partial charge in [0.25, 0.3) is 0 Å². The van der Waals surface area contributed by atoms with E-state index in [9.17, 15) is 22.8 Å². The Hall–Kier alpha value is -2.85. The van der Waals surface area contributed by atoms with Crippen molar-refractivity contribution in [2.45, 2.75) is 17.7 Å². The van der Waals surface area contributed by atoms with Crippen LogP contribution < -0.4 is 5.14 Å². The second-order valence-electron chi connectivity index (χ2n) is 6.83. The van der Waals surface area contributed by atoms with Crippen molar-refractivity contribution < 1.29 is 22.8 Å². The van der Waals surface area contributed by atoms with Gasteiger partial charge in [-0.1, -0.05) is 29.8 Å². The number of nitrogens with zero attached hydrogens (tertiary/aromatic N) is 2. The van der Waals surface area contributed by atoms with Gasteiger partial charge < -0.3 is 0 Å². The van der Waals surface area contributed by atoms with Crippen LogP contribution in [-0.2, 0) is 21.2 Å². The summed E-state index contributed by atoms with van der Waals surface area (Å²) in [6.07, 6.45) is 1.80. The summed E-state index contributed by atoms with van der Waals surface area (Å²) in [5.74, 6) is -1.08. The van der Waals surface area contributed by atoms with Crippen LogP contribution in [-0.4, -0.2) is 36.6 Å². The molecule has 31 heavy (non-hydrogen) atoms. The Bertz CT molecular complexity index is 1250. The Morgan fingerprint density at radius 2 is 1.90 bits per heavy atom. The minimum Gasteiger partial charge on any atom is -0.286 e. The number of rotatable bonds is 6. The fourth-order valence-electron chi connectivity index (χ4n) is 3.07. The molecule has 3 rings (SSSR count). The van der Waals surface area contributed by atoms with Crippen molar-refractivity contribution in [3.8, 4) is 22.4 Å². The maximum absolute atomic E-state index is 13.7. The Balaban J connectivity index is 2.19. The lowest BCUT2D eigenvalue weighted by Crippen LogP contribution is -2.22. The number of aryl methyl sites for hydroxylation is 1. The smallest absolute Gasteiger partial charge is 0.245 e. The van der Waals surface area contributed by atoms with Crippen LogP contribution in [0.4, 0.5) is 4.39 Å². The highest BCUT2D eigenvalue weighted by Gasteiger charge is 2.20. The van der Waals surface area contributed by atoms with Gasteiger partial charge in [0.15, 0.2) is 0 Å². The molecular weight excluding hydrogens is 445 g/mol. The molecule has 0 fully saturated rings. The van der Waals surface area contributed by atoms with Crippen LogP contribution in [0.1, 0.15) is 12.0 Å². The van der Waals surface area contributed by atoms with E-state index in [4.69, 9.17) is 16.7 Å². The van der Waals surface area contributed by atoms with Crippen LogP contribution in [0.2, 0.25) is 5.02 Å². The fraction of sp³-hybridized carbons (Fsp3) is 0.143. The molecule has 0 radical (unpaired) electrons. The van der Waals surface area contributed by atoms with E-state index in [0.717, 1.165) is 0 Å². The average molecular weight is 464 g/mol. The number of benzene rings is 2. The second kappa shape index (κ2) is 9.11. The van der Waals surface area contributed by atoms with Crippen molar-refractivity contribution in [3.05, 3.63) is 71.1 Å². The van der Waals surface area contributed by atoms with Crippen LogP contribution in [0.25, 0.3) is 22.4 Å². The molecule has 0 spiro atoms. The van der Waals surface area contributed by atoms with Crippen molar-refractivity contribution >= 4 is 27.5 Å². The molecule has 7 nitrogen and oxygen atoms in total. The molecule has 0 aliphatic rings. The normalized spacial score (nSPS) is 11.4. The summed E-state index contributed by atoms with van der Waals surface area (Å²) in [5, 5.41) is 15.0. The standard InChI is InChI=1S/C21H19ClFN3O4S/c1-26(28)20(27)9-6-13-10-16(15-4-2-3-5-19(15)31(24,29)30)21(25-12-13)14-7-8-18(23)17(22)11-14/h2-5,7-8,10-12,28H,6,9H2,1H3,(H2,24,29,30). The molecule has 0 aliphatic carbocycles. The van der Waals surface area contributed by atoms with E-state index in [1.165, 1.54) is 37.5 Å². The summed E-state index contributed by atoms with van der Waals surface area (Å²) >= 11 is 5.93. The number of carbonyl (C=O) groups excluding carboxylic acids is 1. The lowest BCUT2D eigenvalue weighted by atomic mass is 9.96. The molecule has 0 saturated carbocycles. The monoisotopic (exact) mass is 463 g/mol. The molecule has 0 saturated heterocycles. The van der Waals surface area contributed by atoms with Gasteiger partial charge >= 0.3 is 0 Å². The zero-order chi connectivity index (χ0) is 22.8. The molecule has 10 heteroatoms. The number of halogens is 2. The van der Waals surface area contributed by atoms with E-state index in [1.54, 1.807) is 24.3 Å². The van der Waals surface area contributed by atoms with E-state index < -0.39 is 21.7 Å². The molecule has 1 heterocycles. The van der Waals surface area contributed by atoms with Gasteiger partial charge in [-0.15, -0.1) is 0 Å². The zero-order valence-electron chi connectivity index (χ0n) is 16.4. The SMILES string of the molecule is CN(O)C(=O)CCc1cnc(-c2ccc(F)c(Cl)c2)c(-c2ccccc2S(N)(=O)=O)c1. The van der Waals surface area contributed by atoms with Gasteiger partial charge in [0.2, 0.25) is 15.9 Å². The molecule has 3 N–H and O–H groups in total. The quantitative estimate of drug-likeness (QED) is 0.428. The highest BCUT2D eigenvalue weighted by atomic mass is 35.5. The summed E-state index contributed by atoms with van der Waals surface area (Å²) in [6.45, 7) is 0. The van der Waals surface area contributed by atoms with Crippen molar-refractivity contribution in [2.75, 3.05) is 7.05 Å². The number of nitrogens with two attached hydrogens (primary N) is 1. The molecule has 3 aromatic rings. The Morgan fingerprint density at radius 1 is 1.19 bits per heavy atom. The van der Waals surface area contributed by atoms with Gasteiger partial charge in [0.1, 0.15) is 5.82 Å². The van der Waals surface area contributed by atoms with Crippen LogP contribution in [0.3, 0.4) is 0 Å². The van der Waals surface area contributed by atoms with Crippen molar-refractivity contribution in [1.29, 1.82) is 0 Å². The molecule has 162 valence electrons. The second-order valence-corrected chi connectivity index (χ2v) is 8.76. The molecule has 0 bridgehead atoms. The van der Waals surface area contributed by atoms with E-state index >= 15 is 0 Å². The third kappa shape index (κ3) is 5.26. The number of amides is 1. The Kier molecular flexibility index (Phi) is 6.71. The summed E-state index contributed by atoms with van der Waals surface area (Å²) in [5.41, 5.74) is 2.21. The molecule has 2 aromatic carbocycles. The van der Waals surface area contributed by atoms with Crippen molar-refractivity contribution in [1.82, 2.24) is 10.0 Å². The number of hydrogen-bond acceptors (Lipinski definition) is 5. The first-order valence-electron chi connectivity index (χ1n) is 9.10. The third-order valence-corrected chi connectivity index (χ3v) is 5.87. The molecule has 0 atom stereocenters. The van der Waals surface area contributed by atoms with Gasteiger partial charge in [-0.2, -0.15) is 0 Å². The predicted octanol–water partition coefficient (Wildman–Crippen LogP) is 3.64. The minimum atomic E-state index is -4.05. The summed E-state index contributed by atoms with van der Waals surface area (Å²) in [6, 6.07) is 11.9. The van der Waals surface area contributed by atoms with Crippen LogP contribution in [0.5, 0.6) is 0 Å². The maximum Gasteiger partial charge on any atom is 0.245 e. The van der Waals surface area contributed by atoms with Crippen LogP contribution in [0, 0.1) is 5.82 Å². The number of hydroxylamine groups is 2. The number of hydrogen-bond donors (Lipinski definition) is 2. The number of sulfonamides is 1. The topological polar surface area (TPSA) is 114 Å². The van der Waals surface area contributed by atoms with E-state index in [1.807, 2.05) is 0 Å². The van der Waals surface area contributed by atoms with E-state index in [0.29, 0.717) is 33.0 Å². The first kappa shape index (κ1) is 22.8. The third-order valence-electron chi connectivity index (χ3n) is 4.61. The fourth-order valence-corrected chi connectivity index (χ4v) is 4.01. The summed E-state index contributed by atoms with van der Waals surface area (Å²) in [7, 11) is -2.82. The number of aromatic nitrogens is 1. The lowest BCUT2D eigenvalue weighted by molar-refractivity contribution is -0.159. The van der Waals surface area contributed by atoms with E-state index in [2.05, 4.69) is 4.98 Å². The summed E-state index contributed by atoms with van der Waals surface area (Å²) < 4.78 is 38.0. The van der Waals surface area contributed by atoms with Crippen molar-refractivity contribution in [2.24, 2.45) is 5.14 Å². The Labute approximate surface area is 183 Å². The van der Waals surface area contributed by atoms with Crippen LogP contribution >= 0.6 is 11.6 Å². The highest BCUT2D eigenvalue weighted by Crippen LogP contribution is 2.36. The molecule has 0 aliphatic heterocycles. The first-order chi connectivity index (χ1) is 14.6. The molecule has 0 unspecified atom stereocenters. The lowest BCUT2D eigenvalue weighted by Gasteiger charge is -2.15. The van der Waals surface area contributed by atoms with Gasteiger partial charge in [0, 0.05) is 36.4 Å². The van der Waals surface area contributed by atoms with E-state index in [-0.39, 0.29) is 22.8 Å². The van der Waals surface area contributed by atoms with Gasteiger partial charge in [0.05, 0.1) is 15.6 Å². The number of pyridine rings is 1.